The van der Waals surface area contributed by atoms with Crippen LogP contribution in [0.15, 0.2) is 24.3 Å². The highest BCUT2D eigenvalue weighted by Gasteiger charge is 2.20. The molecule has 1 aromatic rings. The van der Waals surface area contributed by atoms with E-state index in [4.69, 9.17) is 4.74 Å². The van der Waals surface area contributed by atoms with E-state index in [1.54, 1.807) is 0 Å². The van der Waals surface area contributed by atoms with Gasteiger partial charge >= 0.3 is 0 Å². The zero-order valence-corrected chi connectivity index (χ0v) is 13.2. The van der Waals surface area contributed by atoms with Gasteiger partial charge in [0.25, 0.3) is 0 Å². The fourth-order valence-electron chi connectivity index (χ4n) is 3.12. The van der Waals surface area contributed by atoms with Gasteiger partial charge < -0.3 is 10.1 Å². The van der Waals surface area contributed by atoms with Gasteiger partial charge in [-0.3, -0.25) is 4.90 Å². The van der Waals surface area contributed by atoms with Crippen LogP contribution in [0.4, 0.5) is 0 Å². The minimum absolute atomic E-state index is 0.358. The molecule has 1 atom stereocenters. The Bertz CT molecular complexity index is 445. The van der Waals surface area contributed by atoms with Gasteiger partial charge in [0.1, 0.15) is 0 Å². The number of ether oxygens (including phenoxy) is 1. The Kier molecular flexibility index (Phi) is 5.28. The molecule has 1 saturated carbocycles. The minimum atomic E-state index is 0.358. The Balaban J connectivity index is 1.57. The summed E-state index contributed by atoms with van der Waals surface area (Å²) in [5.41, 5.74) is 2.99. The molecule has 1 aromatic carbocycles. The molecule has 21 heavy (non-hydrogen) atoms. The van der Waals surface area contributed by atoms with E-state index in [9.17, 15) is 0 Å². The Hall–Kier alpha value is -0.900. The van der Waals surface area contributed by atoms with Crippen molar-refractivity contribution in [2.45, 2.75) is 51.3 Å². The predicted octanol–water partition coefficient (Wildman–Crippen LogP) is 2.59. The van der Waals surface area contributed by atoms with E-state index in [0.717, 1.165) is 51.7 Å². The largest absolute Gasteiger partial charge is 0.377 e. The van der Waals surface area contributed by atoms with Gasteiger partial charge in [-0.1, -0.05) is 24.3 Å². The molecule has 1 N–H and O–H groups in total. The van der Waals surface area contributed by atoms with Crippen molar-refractivity contribution in [2.75, 3.05) is 26.2 Å². The van der Waals surface area contributed by atoms with Crippen LogP contribution in [0.2, 0.25) is 0 Å². The molecule has 0 aromatic heterocycles. The lowest BCUT2D eigenvalue weighted by Crippen LogP contribution is -2.30. The molecule has 0 radical (unpaired) electrons. The fourth-order valence-corrected chi connectivity index (χ4v) is 3.12. The van der Waals surface area contributed by atoms with Gasteiger partial charge in [0.2, 0.25) is 0 Å². The van der Waals surface area contributed by atoms with Crippen LogP contribution in [0.1, 0.15) is 37.3 Å². The van der Waals surface area contributed by atoms with E-state index in [-0.39, 0.29) is 0 Å². The Labute approximate surface area is 128 Å². The molecule has 3 nitrogen and oxygen atoms in total. The summed E-state index contributed by atoms with van der Waals surface area (Å²) in [6, 6.07) is 9.74. The van der Waals surface area contributed by atoms with Gasteiger partial charge in [0, 0.05) is 32.3 Å². The van der Waals surface area contributed by atoms with E-state index in [2.05, 4.69) is 41.4 Å². The second-order valence-corrected chi connectivity index (χ2v) is 6.52. The number of benzene rings is 1. The molecule has 1 heterocycles. The van der Waals surface area contributed by atoms with E-state index < -0.39 is 0 Å². The van der Waals surface area contributed by atoms with Crippen LogP contribution in [0, 0.1) is 0 Å². The maximum atomic E-state index is 5.75. The first kappa shape index (κ1) is 15.0. The summed E-state index contributed by atoms with van der Waals surface area (Å²) in [6.07, 6.45) is 5.39. The summed E-state index contributed by atoms with van der Waals surface area (Å²) >= 11 is 0. The second-order valence-electron chi connectivity index (χ2n) is 6.52. The summed E-state index contributed by atoms with van der Waals surface area (Å²) in [4.78, 5) is 2.55. The molecule has 0 bridgehead atoms. The first-order chi connectivity index (χ1) is 10.3. The number of rotatable bonds is 6. The average Bonchev–Trinajstić information content (AvgIpc) is 3.30. The van der Waals surface area contributed by atoms with Crippen LogP contribution in [0.25, 0.3) is 0 Å². The third-order valence-electron chi connectivity index (χ3n) is 4.45. The summed E-state index contributed by atoms with van der Waals surface area (Å²) in [5, 5.41) is 3.62. The zero-order chi connectivity index (χ0) is 14.5. The molecule has 1 aliphatic carbocycles. The maximum Gasteiger partial charge on any atom is 0.0674 e. The summed E-state index contributed by atoms with van der Waals surface area (Å²) < 4.78 is 5.75. The maximum absolute atomic E-state index is 5.75. The van der Waals surface area contributed by atoms with Crippen molar-refractivity contribution in [1.29, 1.82) is 0 Å². The molecule has 116 valence electrons. The van der Waals surface area contributed by atoms with Crippen molar-refractivity contribution < 1.29 is 4.74 Å². The molecule has 1 saturated heterocycles. The Morgan fingerprint density at radius 3 is 2.86 bits per heavy atom. The van der Waals surface area contributed by atoms with Gasteiger partial charge in [0.15, 0.2) is 0 Å². The molecule has 3 heteroatoms. The zero-order valence-electron chi connectivity index (χ0n) is 13.2. The molecule has 0 amide bonds. The number of nitrogens with zero attached hydrogens (tertiary/aromatic N) is 1. The van der Waals surface area contributed by atoms with Crippen molar-refractivity contribution in [3.05, 3.63) is 35.4 Å². The lowest BCUT2D eigenvalue weighted by Gasteiger charge is -2.23. The third kappa shape index (κ3) is 4.80. The molecule has 0 spiro atoms. The van der Waals surface area contributed by atoms with E-state index in [1.165, 1.54) is 24.0 Å². The van der Waals surface area contributed by atoms with Crippen LogP contribution < -0.4 is 5.32 Å². The Morgan fingerprint density at radius 1 is 1.24 bits per heavy atom. The highest BCUT2D eigenvalue weighted by atomic mass is 16.5. The van der Waals surface area contributed by atoms with E-state index >= 15 is 0 Å². The minimum Gasteiger partial charge on any atom is -0.377 e. The molecule has 2 aliphatic rings. The monoisotopic (exact) mass is 288 g/mol. The summed E-state index contributed by atoms with van der Waals surface area (Å²) in [5.74, 6) is 0. The van der Waals surface area contributed by atoms with Crippen molar-refractivity contribution >= 4 is 0 Å². The molecular formula is C18H28N2O. The highest BCUT2D eigenvalue weighted by molar-refractivity contribution is 5.27. The molecule has 2 fully saturated rings. The smallest absolute Gasteiger partial charge is 0.0674 e. The first-order valence-electron chi connectivity index (χ1n) is 8.45. The lowest BCUT2D eigenvalue weighted by molar-refractivity contribution is 0.0667. The van der Waals surface area contributed by atoms with Gasteiger partial charge in [-0.2, -0.15) is 0 Å². The third-order valence-corrected chi connectivity index (χ3v) is 4.45. The topological polar surface area (TPSA) is 24.5 Å². The SMILES string of the molecule is CC1CN(Cc2ccccc2CCNC2CC2)CCCO1. The van der Waals surface area contributed by atoms with E-state index in [1.807, 2.05) is 0 Å². The quantitative estimate of drug-likeness (QED) is 0.871. The number of hydrogen-bond acceptors (Lipinski definition) is 3. The summed E-state index contributed by atoms with van der Waals surface area (Å²) in [7, 11) is 0. The number of nitrogens with one attached hydrogen (secondary N) is 1. The normalized spacial score (nSPS) is 24.0. The number of hydrogen-bond donors (Lipinski definition) is 1. The van der Waals surface area contributed by atoms with Crippen LogP contribution in [0.5, 0.6) is 0 Å². The fraction of sp³-hybridized carbons (Fsp3) is 0.667. The van der Waals surface area contributed by atoms with Gasteiger partial charge in [-0.15, -0.1) is 0 Å². The molecular weight excluding hydrogens is 260 g/mol. The van der Waals surface area contributed by atoms with Gasteiger partial charge in [-0.05, 0) is 50.3 Å². The average molecular weight is 288 g/mol. The van der Waals surface area contributed by atoms with Crippen LogP contribution in [0.3, 0.4) is 0 Å². The van der Waals surface area contributed by atoms with Crippen molar-refractivity contribution in [2.24, 2.45) is 0 Å². The highest BCUT2D eigenvalue weighted by Crippen LogP contribution is 2.19. The molecule has 1 aliphatic heterocycles. The van der Waals surface area contributed by atoms with Crippen LogP contribution >= 0.6 is 0 Å². The molecule has 1 unspecified atom stereocenters. The van der Waals surface area contributed by atoms with E-state index in [0.29, 0.717) is 6.10 Å². The van der Waals surface area contributed by atoms with Gasteiger partial charge in [-0.25, -0.2) is 0 Å². The van der Waals surface area contributed by atoms with Crippen molar-refractivity contribution in [3.8, 4) is 0 Å². The standard InChI is InChI=1S/C18H28N2O/c1-15-13-20(11-4-12-21-15)14-17-6-3-2-5-16(17)9-10-19-18-7-8-18/h2-3,5-6,15,18-19H,4,7-14H2,1H3. The van der Waals surface area contributed by atoms with Crippen molar-refractivity contribution in [3.63, 3.8) is 0 Å². The molecule has 3 rings (SSSR count). The summed E-state index contributed by atoms with van der Waals surface area (Å²) in [6.45, 7) is 7.47. The predicted molar refractivity (Wildman–Crippen MR) is 86.5 cm³/mol. The lowest BCUT2D eigenvalue weighted by atomic mass is 10.0. The second kappa shape index (κ2) is 7.39. The van der Waals surface area contributed by atoms with Crippen LogP contribution in [-0.2, 0) is 17.7 Å². The Morgan fingerprint density at radius 2 is 2.05 bits per heavy atom. The first-order valence-corrected chi connectivity index (χ1v) is 8.45. The van der Waals surface area contributed by atoms with Gasteiger partial charge in [0.05, 0.1) is 6.10 Å². The van der Waals surface area contributed by atoms with Crippen molar-refractivity contribution in [1.82, 2.24) is 10.2 Å². The van der Waals surface area contributed by atoms with Crippen LogP contribution in [-0.4, -0.2) is 43.3 Å².